The molecule has 0 spiro atoms. The molecule has 1 unspecified atom stereocenters. The topological polar surface area (TPSA) is 78.5 Å². The molecule has 1 fully saturated rings. The van der Waals surface area contributed by atoms with Gasteiger partial charge in [0.05, 0.1) is 5.69 Å². The summed E-state index contributed by atoms with van der Waals surface area (Å²) in [7, 11) is 0. The Labute approximate surface area is 180 Å². The number of urea groups is 1. The van der Waals surface area contributed by atoms with Crippen LogP contribution in [-0.2, 0) is 15.1 Å². The van der Waals surface area contributed by atoms with Gasteiger partial charge in [0.2, 0.25) is 5.91 Å². The van der Waals surface area contributed by atoms with Gasteiger partial charge in [0.1, 0.15) is 17.9 Å². The number of nitrogens with one attached hydrogen (secondary N) is 2. The number of hydrogen-bond donors (Lipinski definition) is 2. The number of carbonyl (C=O) groups is 3. The number of imide groups is 1. The molecule has 1 aliphatic rings. The number of rotatable bonds is 4. The summed E-state index contributed by atoms with van der Waals surface area (Å²) in [5.74, 6) is -1.85. The molecule has 0 aliphatic carbocycles. The highest BCUT2D eigenvalue weighted by Gasteiger charge is 2.49. The molecular formula is C22H17BrFN3O3. The number of nitrogens with zero attached hydrogens (tertiary/aromatic N) is 1. The maximum absolute atomic E-state index is 13.9. The van der Waals surface area contributed by atoms with Crippen molar-refractivity contribution in [3.8, 4) is 0 Å². The van der Waals surface area contributed by atoms with Crippen molar-refractivity contribution in [2.24, 2.45) is 0 Å². The van der Waals surface area contributed by atoms with E-state index in [2.05, 4.69) is 26.6 Å². The smallest absolute Gasteiger partial charge is 0.322 e. The lowest BCUT2D eigenvalue weighted by atomic mass is 9.90. The Morgan fingerprint density at radius 1 is 1.10 bits per heavy atom. The van der Waals surface area contributed by atoms with Crippen LogP contribution in [0, 0.1) is 5.82 Å². The molecule has 152 valence electrons. The van der Waals surface area contributed by atoms with Crippen LogP contribution >= 0.6 is 15.9 Å². The quantitative estimate of drug-likeness (QED) is 0.563. The first-order valence-corrected chi connectivity index (χ1v) is 9.95. The summed E-state index contributed by atoms with van der Waals surface area (Å²) in [6.45, 7) is 1.08. The van der Waals surface area contributed by atoms with Gasteiger partial charge in [0.25, 0.3) is 5.91 Å². The van der Waals surface area contributed by atoms with E-state index in [4.69, 9.17) is 0 Å². The lowest BCUT2D eigenvalue weighted by molar-refractivity contribution is -0.133. The summed E-state index contributed by atoms with van der Waals surface area (Å²) in [6.07, 6.45) is 0. The Morgan fingerprint density at radius 3 is 2.57 bits per heavy atom. The molecule has 3 aromatic rings. The fraction of sp³-hybridized carbons (Fsp3) is 0.136. The predicted molar refractivity (Wildman–Crippen MR) is 114 cm³/mol. The Hall–Kier alpha value is -3.26. The van der Waals surface area contributed by atoms with Gasteiger partial charge in [-0.3, -0.25) is 14.5 Å². The van der Waals surface area contributed by atoms with E-state index in [1.54, 1.807) is 19.1 Å². The number of halogens is 2. The number of benzene rings is 3. The van der Waals surface area contributed by atoms with Gasteiger partial charge >= 0.3 is 6.03 Å². The third kappa shape index (κ3) is 3.54. The van der Waals surface area contributed by atoms with Crippen LogP contribution in [0.3, 0.4) is 0 Å². The second-order valence-electron chi connectivity index (χ2n) is 7.18. The Balaban J connectivity index is 1.54. The largest absolute Gasteiger partial charge is 0.325 e. The zero-order valence-electron chi connectivity index (χ0n) is 15.9. The fourth-order valence-corrected chi connectivity index (χ4v) is 3.79. The lowest BCUT2D eigenvalue weighted by Gasteiger charge is -2.22. The molecule has 1 aliphatic heterocycles. The van der Waals surface area contributed by atoms with Gasteiger partial charge in [-0.15, -0.1) is 0 Å². The molecule has 1 saturated heterocycles. The minimum Gasteiger partial charge on any atom is -0.322 e. The standard InChI is InChI=1S/C22H17BrFN3O3/c1-22(15-7-6-13-4-2-3-5-14(13)10-15)20(29)27(21(30)26-22)12-19(28)25-18-9-8-16(23)11-17(18)24/h2-11H,12H2,1H3,(H,25,28)(H,26,30). The first-order chi connectivity index (χ1) is 14.3. The first kappa shape index (κ1) is 20.0. The van der Waals surface area contributed by atoms with Crippen molar-refractivity contribution in [1.82, 2.24) is 10.2 Å². The minimum atomic E-state index is -1.30. The minimum absolute atomic E-state index is 0.0347. The molecule has 4 rings (SSSR count). The van der Waals surface area contributed by atoms with Crippen LogP contribution in [0.25, 0.3) is 10.8 Å². The molecule has 1 atom stereocenters. The highest BCUT2D eigenvalue weighted by molar-refractivity contribution is 9.10. The van der Waals surface area contributed by atoms with Crippen LogP contribution in [0.15, 0.2) is 65.1 Å². The van der Waals surface area contributed by atoms with E-state index >= 15 is 0 Å². The van der Waals surface area contributed by atoms with Crippen molar-refractivity contribution < 1.29 is 18.8 Å². The Bertz CT molecular complexity index is 1200. The van der Waals surface area contributed by atoms with E-state index in [0.717, 1.165) is 15.7 Å². The number of amides is 4. The average Bonchev–Trinajstić information content (AvgIpc) is 2.94. The van der Waals surface area contributed by atoms with Crippen LogP contribution in [0.2, 0.25) is 0 Å². The zero-order chi connectivity index (χ0) is 21.5. The van der Waals surface area contributed by atoms with E-state index in [1.807, 2.05) is 36.4 Å². The summed E-state index contributed by atoms with van der Waals surface area (Å²) < 4.78 is 14.5. The molecule has 0 radical (unpaired) electrons. The van der Waals surface area contributed by atoms with Crippen LogP contribution in [0.5, 0.6) is 0 Å². The molecule has 4 amide bonds. The van der Waals surface area contributed by atoms with E-state index in [1.165, 1.54) is 12.1 Å². The van der Waals surface area contributed by atoms with Gasteiger partial charge in [-0.2, -0.15) is 0 Å². The summed E-state index contributed by atoms with van der Waals surface area (Å²) in [4.78, 5) is 38.7. The van der Waals surface area contributed by atoms with Crippen LogP contribution in [0.1, 0.15) is 12.5 Å². The average molecular weight is 470 g/mol. The third-order valence-electron chi connectivity index (χ3n) is 5.11. The molecule has 2 N–H and O–H groups in total. The molecule has 0 saturated carbocycles. The summed E-state index contributed by atoms with van der Waals surface area (Å²) in [6, 6.07) is 16.7. The molecule has 0 aromatic heterocycles. The normalized spacial score (nSPS) is 18.6. The van der Waals surface area contributed by atoms with E-state index < -0.39 is 35.7 Å². The molecular weight excluding hydrogens is 453 g/mol. The van der Waals surface area contributed by atoms with Crippen molar-refractivity contribution >= 4 is 50.2 Å². The number of hydrogen-bond acceptors (Lipinski definition) is 3. The molecule has 0 bridgehead atoms. The molecule has 3 aromatic carbocycles. The summed E-state index contributed by atoms with van der Waals surface area (Å²) >= 11 is 3.14. The van der Waals surface area contributed by atoms with Gasteiger partial charge in [-0.1, -0.05) is 52.3 Å². The Morgan fingerprint density at radius 2 is 1.83 bits per heavy atom. The second kappa shape index (κ2) is 7.53. The molecule has 1 heterocycles. The van der Waals surface area contributed by atoms with Crippen LogP contribution in [0.4, 0.5) is 14.9 Å². The zero-order valence-corrected chi connectivity index (χ0v) is 17.5. The van der Waals surface area contributed by atoms with Crippen molar-refractivity contribution in [1.29, 1.82) is 0 Å². The van der Waals surface area contributed by atoms with Crippen LogP contribution < -0.4 is 10.6 Å². The van der Waals surface area contributed by atoms with Crippen LogP contribution in [-0.4, -0.2) is 29.3 Å². The van der Waals surface area contributed by atoms with Crippen molar-refractivity contribution in [2.45, 2.75) is 12.5 Å². The fourth-order valence-electron chi connectivity index (χ4n) is 3.46. The van der Waals surface area contributed by atoms with Gasteiger partial charge in [-0.25, -0.2) is 9.18 Å². The number of anilines is 1. The first-order valence-electron chi connectivity index (χ1n) is 9.16. The van der Waals surface area contributed by atoms with Gasteiger partial charge in [-0.05, 0) is 47.5 Å². The summed E-state index contributed by atoms with van der Waals surface area (Å²) in [5.41, 5.74) is -0.724. The molecule has 8 heteroatoms. The van der Waals surface area contributed by atoms with Gasteiger partial charge in [0, 0.05) is 4.47 Å². The monoisotopic (exact) mass is 469 g/mol. The molecule has 6 nitrogen and oxygen atoms in total. The SMILES string of the molecule is CC1(c2ccc3ccccc3c2)NC(=O)N(CC(=O)Nc2ccc(Br)cc2F)C1=O. The van der Waals surface area contributed by atoms with Crippen molar-refractivity contribution in [3.05, 3.63) is 76.5 Å². The van der Waals surface area contributed by atoms with E-state index in [0.29, 0.717) is 10.0 Å². The van der Waals surface area contributed by atoms with E-state index in [9.17, 15) is 18.8 Å². The number of carbonyl (C=O) groups excluding carboxylic acids is 3. The highest BCUT2D eigenvalue weighted by atomic mass is 79.9. The van der Waals surface area contributed by atoms with Crippen molar-refractivity contribution in [2.75, 3.05) is 11.9 Å². The highest BCUT2D eigenvalue weighted by Crippen LogP contribution is 2.31. The number of fused-ring (bicyclic) bond motifs is 1. The van der Waals surface area contributed by atoms with Crippen molar-refractivity contribution in [3.63, 3.8) is 0 Å². The van der Waals surface area contributed by atoms with E-state index in [-0.39, 0.29) is 5.69 Å². The maximum atomic E-state index is 13.9. The molecule has 30 heavy (non-hydrogen) atoms. The Kier molecular flexibility index (Phi) is 5.03. The predicted octanol–water partition coefficient (Wildman–Crippen LogP) is 4.15. The maximum Gasteiger partial charge on any atom is 0.325 e. The van der Waals surface area contributed by atoms with Gasteiger partial charge < -0.3 is 10.6 Å². The third-order valence-corrected chi connectivity index (χ3v) is 5.60. The second-order valence-corrected chi connectivity index (χ2v) is 8.10. The lowest BCUT2D eigenvalue weighted by Crippen LogP contribution is -2.42. The summed E-state index contributed by atoms with van der Waals surface area (Å²) in [5, 5.41) is 7.00. The van der Waals surface area contributed by atoms with Gasteiger partial charge in [0.15, 0.2) is 0 Å².